The summed E-state index contributed by atoms with van der Waals surface area (Å²) in [4.78, 5) is 26.8. The molecule has 1 aliphatic rings. The van der Waals surface area contributed by atoms with Crippen molar-refractivity contribution in [3.63, 3.8) is 0 Å². The summed E-state index contributed by atoms with van der Waals surface area (Å²) in [5, 5.41) is 4.14. The third kappa shape index (κ3) is 3.52. The second-order valence-electron chi connectivity index (χ2n) is 7.51. The summed E-state index contributed by atoms with van der Waals surface area (Å²) in [6, 6.07) is 16.6. The first kappa shape index (κ1) is 18.4. The van der Waals surface area contributed by atoms with Crippen LogP contribution in [-0.4, -0.2) is 33.9 Å². The smallest absolute Gasteiger partial charge is 0.271 e. The molecule has 0 saturated heterocycles. The largest absolute Gasteiger partial charge is 0.361 e. The van der Waals surface area contributed by atoms with Gasteiger partial charge in [-0.25, -0.2) is 9.97 Å². The number of para-hydroxylation sites is 2. The first-order valence-corrected chi connectivity index (χ1v) is 10.3. The molecule has 6 nitrogen and oxygen atoms in total. The fourth-order valence-corrected chi connectivity index (χ4v) is 4.09. The van der Waals surface area contributed by atoms with Crippen LogP contribution in [0.15, 0.2) is 67.1 Å². The number of anilines is 2. The Labute approximate surface area is 175 Å². The minimum atomic E-state index is -0.201. The SMILES string of the molecule is O=C(NCCc1c[nH]c2ccccc12)c1cnc(N2CCCc3ccccc32)cn1. The van der Waals surface area contributed by atoms with Crippen molar-refractivity contribution in [1.29, 1.82) is 0 Å². The van der Waals surface area contributed by atoms with Gasteiger partial charge < -0.3 is 15.2 Å². The van der Waals surface area contributed by atoms with E-state index in [2.05, 4.69) is 55.5 Å². The molecule has 0 spiro atoms. The van der Waals surface area contributed by atoms with Gasteiger partial charge in [0.05, 0.1) is 12.4 Å². The number of benzene rings is 2. The minimum absolute atomic E-state index is 0.201. The fourth-order valence-electron chi connectivity index (χ4n) is 4.09. The number of hydrogen-bond acceptors (Lipinski definition) is 4. The maximum Gasteiger partial charge on any atom is 0.271 e. The lowest BCUT2D eigenvalue weighted by Crippen LogP contribution is -2.28. The standard InChI is InChI=1S/C24H23N5O/c30-24(25-12-11-18-14-26-20-9-3-2-8-19(18)20)21-15-28-23(16-27-21)29-13-5-7-17-6-1-4-10-22(17)29/h1-4,6,8-10,14-16,26H,5,7,11-13H2,(H,25,30). The van der Waals surface area contributed by atoms with Gasteiger partial charge in [-0.05, 0) is 42.5 Å². The van der Waals surface area contributed by atoms with E-state index in [-0.39, 0.29) is 5.91 Å². The molecule has 0 aliphatic carbocycles. The molecule has 0 atom stereocenters. The van der Waals surface area contributed by atoms with E-state index >= 15 is 0 Å². The van der Waals surface area contributed by atoms with E-state index in [1.807, 2.05) is 24.4 Å². The van der Waals surface area contributed by atoms with Crippen molar-refractivity contribution in [2.75, 3.05) is 18.0 Å². The quantitative estimate of drug-likeness (QED) is 0.534. The summed E-state index contributed by atoms with van der Waals surface area (Å²) in [5.74, 6) is 0.574. The molecule has 4 aromatic rings. The molecule has 150 valence electrons. The number of aromatic nitrogens is 3. The molecule has 0 fully saturated rings. The molecule has 2 N–H and O–H groups in total. The number of carbonyl (C=O) groups is 1. The van der Waals surface area contributed by atoms with Gasteiger partial charge in [0.2, 0.25) is 0 Å². The number of amides is 1. The monoisotopic (exact) mass is 397 g/mol. The highest BCUT2D eigenvalue weighted by molar-refractivity contribution is 5.92. The van der Waals surface area contributed by atoms with Crippen LogP contribution in [0.3, 0.4) is 0 Å². The Morgan fingerprint density at radius 1 is 1.07 bits per heavy atom. The van der Waals surface area contributed by atoms with Gasteiger partial charge in [0.25, 0.3) is 5.91 Å². The van der Waals surface area contributed by atoms with Crippen molar-refractivity contribution in [1.82, 2.24) is 20.3 Å². The third-order valence-electron chi connectivity index (χ3n) is 5.61. The summed E-state index contributed by atoms with van der Waals surface area (Å²) in [7, 11) is 0. The van der Waals surface area contributed by atoms with E-state index in [1.165, 1.54) is 22.2 Å². The van der Waals surface area contributed by atoms with Crippen molar-refractivity contribution in [2.45, 2.75) is 19.3 Å². The minimum Gasteiger partial charge on any atom is -0.361 e. The molecule has 0 bridgehead atoms. The molecule has 1 amide bonds. The number of aromatic amines is 1. The van der Waals surface area contributed by atoms with Crippen LogP contribution in [-0.2, 0) is 12.8 Å². The number of nitrogens with one attached hydrogen (secondary N) is 2. The normalized spacial score (nSPS) is 13.3. The van der Waals surface area contributed by atoms with Gasteiger partial charge in [-0.15, -0.1) is 0 Å². The molecule has 2 aromatic heterocycles. The van der Waals surface area contributed by atoms with E-state index in [0.29, 0.717) is 12.2 Å². The summed E-state index contributed by atoms with van der Waals surface area (Å²) >= 11 is 0. The second-order valence-corrected chi connectivity index (χ2v) is 7.51. The Hall–Kier alpha value is -3.67. The summed E-state index contributed by atoms with van der Waals surface area (Å²) in [6.45, 7) is 1.45. The Bertz CT molecular complexity index is 1180. The zero-order valence-electron chi connectivity index (χ0n) is 16.6. The van der Waals surface area contributed by atoms with Crippen LogP contribution in [0, 0.1) is 0 Å². The number of aryl methyl sites for hydroxylation is 1. The zero-order chi connectivity index (χ0) is 20.3. The molecule has 0 unspecified atom stereocenters. The van der Waals surface area contributed by atoms with Gasteiger partial charge in [0.15, 0.2) is 5.82 Å². The van der Waals surface area contributed by atoms with Gasteiger partial charge in [0, 0.05) is 35.9 Å². The van der Waals surface area contributed by atoms with Gasteiger partial charge >= 0.3 is 0 Å². The molecule has 6 heteroatoms. The molecule has 2 aromatic carbocycles. The highest BCUT2D eigenvalue weighted by Gasteiger charge is 2.19. The van der Waals surface area contributed by atoms with Gasteiger partial charge in [0.1, 0.15) is 5.69 Å². The van der Waals surface area contributed by atoms with Crippen molar-refractivity contribution in [3.05, 3.63) is 83.9 Å². The highest BCUT2D eigenvalue weighted by Crippen LogP contribution is 2.31. The van der Waals surface area contributed by atoms with Crippen LogP contribution in [0.1, 0.15) is 28.0 Å². The highest BCUT2D eigenvalue weighted by atomic mass is 16.1. The Morgan fingerprint density at radius 3 is 2.83 bits per heavy atom. The van der Waals surface area contributed by atoms with Crippen molar-refractivity contribution < 1.29 is 4.79 Å². The van der Waals surface area contributed by atoms with E-state index in [0.717, 1.165) is 37.1 Å². The average molecular weight is 397 g/mol. The summed E-state index contributed by atoms with van der Waals surface area (Å²) in [6.07, 6.45) is 8.17. The van der Waals surface area contributed by atoms with Crippen LogP contribution < -0.4 is 10.2 Å². The van der Waals surface area contributed by atoms with Crippen LogP contribution in [0.2, 0.25) is 0 Å². The Morgan fingerprint density at radius 2 is 1.93 bits per heavy atom. The predicted octanol–water partition coefficient (Wildman–Crippen LogP) is 4.01. The predicted molar refractivity (Wildman–Crippen MR) is 118 cm³/mol. The van der Waals surface area contributed by atoms with Crippen molar-refractivity contribution in [3.8, 4) is 0 Å². The van der Waals surface area contributed by atoms with Crippen LogP contribution >= 0.6 is 0 Å². The fraction of sp³-hybridized carbons (Fsp3) is 0.208. The number of nitrogens with zero attached hydrogens (tertiary/aromatic N) is 3. The molecule has 3 heterocycles. The summed E-state index contributed by atoms with van der Waals surface area (Å²) in [5.41, 5.74) is 5.14. The number of carbonyl (C=O) groups excluding carboxylic acids is 1. The van der Waals surface area contributed by atoms with Crippen LogP contribution in [0.4, 0.5) is 11.5 Å². The van der Waals surface area contributed by atoms with Gasteiger partial charge in [-0.2, -0.15) is 0 Å². The maximum atomic E-state index is 12.5. The van der Waals surface area contributed by atoms with E-state index < -0.39 is 0 Å². The number of hydrogen-bond donors (Lipinski definition) is 2. The number of rotatable bonds is 5. The molecule has 1 aliphatic heterocycles. The van der Waals surface area contributed by atoms with E-state index in [1.54, 1.807) is 12.4 Å². The zero-order valence-corrected chi connectivity index (χ0v) is 16.6. The lowest BCUT2D eigenvalue weighted by Gasteiger charge is -2.30. The molecule has 5 rings (SSSR count). The Kier molecular flexibility index (Phi) is 4.89. The van der Waals surface area contributed by atoms with Crippen LogP contribution in [0.25, 0.3) is 10.9 Å². The maximum absolute atomic E-state index is 12.5. The second kappa shape index (κ2) is 7.99. The first-order valence-electron chi connectivity index (χ1n) is 10.3. The van der Waals surface area contributed by atoms with Gasteiger partial charge in [-0.3, -0.25) is 4.79 Å². The molecular formula is C24H23N5O. The first-order chi connectivity index (χ1) is 14.8. The summed E-state index contributed by atoms with van der Waals surface area (Å²) < 4.78 is 0. The van der Waals surface area contributed by atoms with Gasteiger partial charge in [-0.1, -0.05) is 36.4 Å². The lowest BCUT2D eigenvalue weighted by molar-refractivity contribution is 0.0949. The van der Waals surface area contributed by atoms with Crippen molar-refractivity contribution in [2.24, 2.45) is 0 Å². The lowest BCUT2D eigenvalue weighted by atomic mass is 10.0. The van der Waals surface area contributed by atoms with E-state index in [9.17, 15) is 4.79 Å². The van der Waals surface area contributed by atoms with Crippen molar-refractivity contribution >= 4 is 28.3 Å². The molecule has 0 radical (unpaired) electrons. The van der Waals surface area contributed by atoms with Crippen LogP contribution in [0.5, 0.6) is 0 Å². The molecule has 0 saturated carbocycles. The molecular weight excluding hydrogens is 374 g/mol. The topological polar surface area (TPSA) is 73.9 Å². The molecule has 30 heavy (non-hydrogen) atoms. The van der Waals surface area contributed by atoms with E-state index in [4.69, 9.17) is 0 Å². The average Bonchev–Trinajstić information content (AvgIpc) is 3.22. The Balaban J connectivity index is 1.23. The number of fused-ring (bicyclic) bond motifs is 2. The third-order valence-corrected chi connectivity index (χ3v) is 5.61. The number of H-pyrrole nitrogens is 1.